The lowest BCUT2D eigenvalue weighted by molar-refractivity contribution is -0.137. The molecule has 0 fully saturated rings. The van der Waals surface area contributed by atoms with Gasteiger partial charge in [0.1, 0.15) is 5.82 Å². The zero-order valence-corrected chi connectivity index (χ0v) is 15.3. The SMILES string of the molecule is COCCNc1cc(C(C)C)nc2c(-c3cccc(C(F)(F)F)c3)cnn12. The lowest BCUT2D eigenvalue weighted by Crippen LogP contribution is -2.12. The Morgan fingerprint density at radius 2 is 2.00 bits per heavy atom. The van der Waals surface area contributed by atoms with Gasteiger partial charge in [0.05, 0.1) is 18.4 Å². The number of fused-ring (bicyclic) bond motifs is 1. The van der Waals surface area contributed by atoms with Crippen LogP contribution in [0.4, 0.5) is 19.0 Å². The number of rotatable bonds is 6. The van der Waals surface area contributed by atoms with Crippen LogP contribution in [0.2, 0.25) is 0 Å². The zero-order chi connectivity index (χ0) is 19.6. The molecule has 27 heavy (non-hydrogen) atoms. The normalized spacial score (nSPS) is 12.1. The van der Waals surface area contributed by atoms with E-state index in [1.165, 1.54) is 6.07 Å². The summed E-state index contributed by atoms with van der Waals surface area (Å²) in [5.74, 6) is 0.876. The van der Waals surface area contributed by atoms with Crippen LogP contribution < -0.4 is 5.32 Å². The highest BCUT2D eigenvalue weighted by molar-refractivity contribution is 5.78. The third-order valence-electron chi connectivity index (χ3n) is 4.20. The number of alkyl halides is 3. The summed E-state index contributed by atoms with van der Waals surface area (Å²) >= 11 is 0. The molecule has 0 spiro atoms. The Balaban J connectivity index is 2.12. The molecule has 0 aliphatic rings. The fourth-order valence-corrected chi connectivity index (χ4v) is 2.75. The van der Waals surface area contributed by atoms with Crippen molar-refractivity contribution in [2.75, 3.05) is 25.6 Å². The van der Waals surface area contributed by atoms with Crippen molar-refractivity contribution in [3.8, 4) is 11.1 Å². The summed E-state index contributed by atoms with van der Waals surface area (Å²) in [6.07, 6.45) is -2.86. The second-order valence-electron chi connectivity index (χ2n) is 6.51. The number of nitrogens with zero attached hydrogens (tertiary/aromatic N) is 3. The summed E-state index contributed by atoms with van der Waals surface area (Å²) in [6, 6.07) is 7.11. The van der Waals surface area contributed by atoms with E-state index in [9.17, 15) is 13.2 Å². The van der Waals surface area contributed by atoms with E-state index in [1.807, 2.05) is 19.9 Å². The van der Waals surface area contributed by atoms with Gasteiger partial charge in [-0.3, -0.25) is 0 Å². The number of anilines is 1. The van der Waals surface area contributed by atoms with E-state index in [-0.39, 0.29) is 5.92 Å². The molecule has 0 amide bonds. The van der Waals surface area contributed by atoms with Crippen molar-refractivity contribution in [2.24, 2.45) is 0 Å². The third kappa shape index (κ3) is 4.05. The number of hydrogen-bond donors (Lipinski definition) is 1. The zero-order valence-electron chi connectivity index (χ0n) is 15.3. The molecule has 0 atom stereocenters. The standard InChI is InChI=1S/C19H21F3N4O/c1-12(2)16-10-17(23-7-8-27-3)26-18(25-16)15(11-24-26)13-5-4-6-14(9-13)19(20,21)22/h4-6,9-12,23H,7-8H2,1-3H3. The molecular formula is C19H21F3N4O. The molecule has 0 saturated carbocycles. The molecule has 0 aliphatic heterocycles. The van der Waals surface area contributed by atoms with E-state index in [0.29, 0.717) is 29.9 Å². The highest BCUT2D eigenvalue weighted by atomic mass is 19.4. The number of nitrogens with one attached hydrogen (secondary N) is 1. The van der Waals surface area contributed by atoms with Crippen molar-refractivity contribution in [2.45, 2.75) is 25.9 Å². The molecule has 3 aromatic rings. The number of aromatic nitrogens is 3. The first-order valence-corrected chi connectivity index (χ1v) is 8.60. The number of methoxy groups -OCH3 is 1. The van der Waals surface area contributed by atoms with Gasteiger partial charge in [0.2, 0.25) is 0 Å². The maximum absolute atomic E-state index is 13.1. The quantitative estimate of drug-likeness (QED) is 0.637. The van der Waals surface area contributed by atoms with Crippen LogP contribution in [0.1, 0.15) is 31.0 Å². The van der Waals surface area contributed by atoms with E-state index in [4.69, 9.17) is 4.74 Å². The van der Waals surface area contributed by atoms with E-state index in [0.717, 1.165) is 23.6 Å². The molecule has 0 unspecified atom stereocenters. The molecule has 0 bridgehead atoms. The Morgan fingerprint density at radius 3 is 2.67 bits per heavy atom. The molecule has 144 valence electrons. The van der Waals surface area contributed by atoms with Gasteiger partial charge in [-0.25, -0.2) is 4.98 Å². The Hall–Kier alpha value is -2.61. The maximum Gasteiger partial charge on any atom is 0.416 e. The molecule has 0 saturated heterocycles. The minimum atomic E-state index is -4.40. The van der Waals surface area contributed by atoms with Gasteiger partial charge in [0, 0.05) is 31.0 Å². The van der Waals surface area contributed by atoms with Crippen LogP contribution in [0.25, 0.3) is 16.8 Å². The van der Waals surface area contributed by atoms with E-state index in [2.05, 4.69) is 15.4 Å². The third-order valence-corrected chi connectivity index (χ3v) is 4.20. The first-order valence-electron chi connectivity index (χ1n) is 8.60. The number of benzene rings is 1. The van der Waals surface area contributed by atoms with Gasteiger partial charge in [0.15, 0.2) is 5.65 Å². The minimum absolute atomic E-state index is 0.155. The van der Waals surface area contributed by atoms with Crippen molar-refractivity contribution in [1.82, 2.24) is 14.6 Å². The van der Waals surface area contributed by atoms with E-state index < -0.39 is 11.7 Å². The molecule has 0 radical (unpaired) electrons. The molecule has 0 aliphatic carbocycles. The lowest BCUT2D eigenvalue weighted by atomic mass is 10.1. The maximum atomic E-state index is 13.1. The smallest absolute Gasteiger partial charge is 0.383 e. The Kier molecular flexibility index (Phi) is 5.36. The summed E-state index contributed by atoms with van der Waals surface area (Å²) in [5, 5.41) is 7.58. The number of ether oxygens (including phenoxy) is 1. The van der Waals surface area contributed by atoms with Crippen LogP contribution in [0.5, 0.6) is 0 Å². The second-order valence-corrected chi connectivity index (χ2v) is 6.51. The summed E-state index contributed by atoms with van der Waals surface area (Å²) in [4.78, 5) is 4.64. The first-order chi connectivity index (χ1) is 12.8. The highest BCUT2D eigenvalue weighted by Gasteiger charge is 2.30. The highest BCUT2D eigenvalue weighted by Crippen LogP contribution is 2.33. The fourth-order valence-electron chi connectivity index (χ4n) is 2.75. The Bertz CT molecular complexity index is 934. The molecular weight excluding hydrogens is 357 g/mol. The molecule has 1 aromatic carbocycles. The van der Waals surface area contributed by atoms with Gasteiger partial charge in [-0.1, -0.05) is 26.0 Å². The summed E-state index contributed by atoms with van der Waals surface area (Å²) < 4.78 is 45.9. The summed E-state index contributed by atoms with van der Waals surface area (Å²) in [7, 11) is 1.61. The van der Waals surface area contributed by atoms with Gasteiger partial charge in [-0.15, -0.1) is 0 Å². The van der Waals surface area contributed by atoms with E-state index >= 15 is 0 Å². The van der Waals surface area contributed by atoms with Crippen molar-refractivity contribution in [1.29, 1.82) is 0 Å². The van der Waals surface area contributed by atoms with Crippen molar-refractivity contribution in [3.63, 3.8) is 0 Å². The van der Waals surface area contributed by atoms with Gasteiger partial charge < -0.3 is 10.1 Å². The van der Waals surface area contributed by atoms with Crippen molar-refractivity contribution in [3.05, 3.63) is 47.8 Å². The van der Waals surface area contributed by atoms with Crippen LogP contribution in [0, 0.1) is 0 Å². The molecule has 1 N–H and O–H groups in total. The average molecular weight is 378 g/mol. The molecule has 3 rings (SSSR count). The lowest BCUT2D eigenvalue weighted by Gasteiger charge is -2.13. The largest absolute Gasteiger partial charge is 0.416 e. The topological polar surface area (TPSA) is 51.5 Å². The molecule has 2 aromatic heterocycles. The van der Waals surface area contributed by atoms with Gasteiger partial charge in [-0.05, 0) is 23.6 Å². The monoisotopic (exact) mass is 378 g/mol. The van der Waals surface area contributed by atoms with Crippen LogP contribution in [0.3, 0.4) is 0 Å². The van der Waals surface area contributed by atoms with Crippen molar-refractivity contribution < 1.29 is 17.9 Å². The minimum Gasteiger partial charge on any atom is -0.383 e. The summed E-state index contributed by atoms with van der Waals surface area (Å²) in [6.45, 7) is 5.12. The fraction of sp³-hybridized carbons (Fsp3) is 0.368. The van der Waals surface area contributed by atoms with E-state index in [1.54, 1.807) is 23.9 Å². The first kappa shape index (κ1) is 19.2. The second kappa shape index (κ2) is 7.56. The summed E-state index contributed by atoms with van der Waals surface area (Å²) in [5.41, 5.74) is 1.63. The van der Waals surface area contributed by atoms with Gasteiger partial charge >= 0.3 is 6.18 Å². The molecule has 8 heteroatoms. The number of halogens is 3. The van der Waals surface area contributed by atoms with Crippen LogP contribution >= 0.6 is 0 Å². The number of hydrogen-bond acceptors (Lipinski definition) is 4. The van der Waals surface area contributed by atoms with Crippen LogP contribution in [-0.4, -0.2) is 34.9 Å². The molecule has 5 nitrogen and oxygen atoms in total. The van der Waals surface area contributed by atoms with Gasteiger partial charge in [0.25, 0.3) is 0 Å². The van der Waals surface area contributed by atoms with Crippen LogP contribution in [0.15, 0.2) is 36.5 Å². The predicted molar refractivity (Wildman–Crippen MR) is 97.9 cm³/mol. The predicted octanol–water partition coefficient (Wildman–Crippen LogP) is 4.60. The molecule has 2 heterocycles. The van der Waals surface area contributed by atoms with Crippen molar-refractivity contribution >= 4 is 11.5 Å². The Labute approximate surface area is 155 Å². The average Bonchev–Trinajstić information content (AvgIpc) is 3.05. The van der Waals surface area contributed by atoms with Crippen LogP contribution in [-0.2, 0) is 10.9 Å². The van der Waals surface area contributed by atoms with Gasteiger partial charge in [-0.2, -0.15) is 22.8 Å². The Morgan fingerprint density at radius 1 is 1.22 bits per heavy atom.